The van der Waals surface area contributed by atoms with Gasteiger partial charge in [0.25, 0.3) is 0 Å². The first-order valence-electron chi connectivity index (χ1n) is 7.59. The van der Waals surface area contributed by atoms with E-state index in [1.165, 1.54) is 32.1 Å². The van der Waals surface area contributed by atoms with Crippen LogP contribution in [0.25, 0.3) is 0 Å². The molecule has 0 N–H and O–H groups in total. The van der Waals surface area contributed by atoms with Gasteiger partial charge in [-0.2, -0.15) is 0 Å². The highest BCUT2D eigenvalue weighted by atomic mass is 16.5. The summed E-state index contributed by atoms with van der Waals surface area (Å²) in [6.07, 6.45) is 15.8. The molecule has 104 valence electrons. The van der Waals surface area contributed by atoms with Crippen LogP contribution in [0.5, 0.6) is 0 Å². The zero-order valence-electron chi connectivity index (χ0n) is 11.8. The predicted octanol–water partition coefficient (Wildman–Crippen LogP) is 4.64. The summed E-state index contributed by atoms with van der Waals surface area (Å²) in [5.41, 5.74) is 0. The Labute approximate surface area is 112 Å². The van der Waals surface area contributed by atoms with Crippen molar-refractivity contribution in [3.63, 3.8) is 0 Å². The second-order valence-corrected chi connectivity index (χ2v) is 5.47. The van der Waals surface area contributed by atoms with E-state index in [-0.39, 0.29) is 5.97 Å². The summed E-state index contributed by atoms with van der Waals surface area (Å²) in [6.45, 7) is 2.84. The summed E-state index contributed by atoms with van der Waals surface area (Å²) in [7, 11) is 0. The Kier molecular flexibility index (Phi) is 8.62. The van der Waals surface area contributed by atoms with Crippen LogP contribution >= 0.6 is 0 Å². The van der Waals surface area contributed by atoms with Crippen LogP contribution in [0.1, 0.15) is 71.1 Å². The second-order valence-electron chi connectivity index (χ2n) is 5.47. The SMILES string of the molecule is C[C@H]1CCC=CCCCCCCCC(=O)OCC1. The van der Waals surface area contributed by atoms with E-state index in [0.29, 0.717) is 18.9 Å². The fourth-order valence-corrected chi connectivity index (χ4v) is 2.27. The molecule has 1 atom stereocenters. The van der Waals surface area contributed by atoms with Gasteiger partial charge < -0.3 is 4.74 Å². The lowest BCUT2D eigenvalue weighted by molar-refractivity contribution is -0.144. The van der Waals surface area contributed by atoms with Crippen molar-refractivity contribution >= 4 is 5.97 Å². The smallest absolute Gasteiger partial charge is 0.305 e. The molecule has 1 rings (SSSR count). The Morgan fingerprint density at radius 3 is 2.61 bits per heavy atom. The Morgan fingerprint density at radius 1 is 1.00 bits per heavy atom. The molecule has 0 radical (unpaired) electrons. The molecular weight excluding hydrogens is 224 g/mol. The number of rotatable bonds is 0. The molecule has 0 unspecified atom stereocenters. The number of cyclic esters (lactones) is 1. The van der Waals surface area contributed by atoms with Crippen molar-refractivity contribution in [1.82, 2.24) is 0 Å². The predicted molar refractivity (Wildman–Crippen MR) is 75.4 cm³/mol. The first-order chi connectivity index (χ1) is 8.79. The molecule has 1 heterocycles. The summed E-state index contributed by atoms with van der Waals surface area (Å²) in [4.78, 5) is 11.4. The zero-order chi connectivity index (χ0) is 13.1. The van der Waals surface area contributed by atoms with E-state index in [4.69, 9.17) is 4.74 Å². The average molecular weight is 252 g/mol. The summed E-state index contributed by atoms with van der Waals surface area (Å²) in [6, 6.07) is 0. The number of allylic oxidation sites excluding steroid dienone is 2. The normalized spacial score (nSPS) is 25.6. The van der Waals surface area contributed by atoms with Gasteiger partial charge in [0.1, 0.15) is 0 Å². The van der Waals surface area contributed by atoms with Crippen LogP contribution in [-0.2, 0) is 9.53 Å². The van der Waals surface area contributed by atoms with E-state index in [1.54, 1.807) is 0 Å². The third kappa shape index (κ3) is 8.32. The molecule has 0 aromatic carbocycles. The zero-order valence-corrected chi connectivity index (χ0v) is 11.8. The van der Waals surface area contributed by atoms with E-state index in [0.717, 1.165) is 25.7 Å². The van der Waals surface area contributed by atoms with Gasteiger partial charge in [0.15, 0.2) is 0 Å². The van der Waals surface area contributed by atoms with Gasteiger partial charge >= 0.3 is 5.97 Å². The van der Waals surface area contributed by atoms with E-state index in [1.807, 2.05) is 0 Å². The highest BCUT2D eigenvalue weighted by Gasteiger charge is 2.05. The molecule has 0 bridgehead atoms. The van der Waals surface area contributed by atoms with Crippen molar-refractivity contribution in [2.45, 2.75) is 71.1 Å². The van der Waals surface area contributed by atoms with Crippen molar-refractivity contribution in [3.05, 3.63) is 12.2 Å². The van der Waals surface area contributed by atoms with Crippen LogP contribution in [0.3, 0.4) is 0 Å². The van der Waals surface area contributed by atoms with E-state index < -0.39 is 0 Å². The van der Waals surface area contributed by atoms with E-state index in [2.05, 4.69) is 19.1 Å². The van der Waals surface area contributed by atoms with Crippen molar-refractivity contribution in [2.75, 3.05) is 6.61 Å². The molecule has 18 heavy (non-hydrogen) atoms. The van der Waals surface area contributed by atoms with Crippen molar-refractivity contribution in [2.24, 2.45) is 5.92 Å². The minimum absolute atomic E-state index is 0.00538. The number of hydrogen-bond acceptors (Lipinski definition) is 2. The quantitative estimate of drug-likeness (QED) is 0.464. The maximum Gasteiger partial charge on any atom is 0.305 e. The fraction of sp³-hybridized carbons (Fsp3) is 0.812. The van der Waals surface area contributed by atoms with Crippen molar-refractivity contribution < 1.29 is 9.53 Å². The molecule has 0 spiro atoms. The largest absolute Gasteiger partial charge is 0.466 e. The lowest BCUT2D eigenvalue weighted by Crippen LogP contribution is -2.08. The van der Waals surface area contributed by atoms with Gasteiger partial charge in [-0.3, -0.25) is 4.79 Å². The lowest BCUT2D eigenvalue weighted by Gasteiger charge is -2.10. The van der Waals surface area contributed by atoms with Gasteiger partial charge in [-0.25, -0.2) is 0 Å². The van der Waals surface area contributed by atoms with Crippen molar-refractivity contribution in [1.29, 1.82) is 0 Å². The summed E-state index contributed by atoms with van der Waals surface area (Å²) < 4.78 is 5.26. The molecule has 0 aromatic rings. The average Bonchev–Trinajstić information content (AvgIpc) is 2.34. The van der Waals surface area contributed by atoms with Crippen LogP contribution in [0.4, 0.5) is 0 Å². The third-order valence-corrected chi connectivity index (χ3v) is 3.62. The third-order valence-electron chi connectivity index (χ3n) is 3.62. The van der Waals surface area contributed by atoms with Crippen LogP contribution in [-0.4, -0.2) is 12.6 Å². The lowest BCUT2D eigenvalue weighted by atomic mass is 10.0. The Hall–Kier alpha value is -0.790. The minimum atomic E-state index is -0.00538. The highest BCUT2D eigenvalue weighted by Crippen LogP contribution is 2.13. The van der Waals surface area contributed by atoms with E-state index in [9.17, 15) is 4.79 Å². The van der Waals surface area contributed by atoms with Crippen LogP contribution < -0.4 is 0 Å². The Bertz CT molecular complexity index is 245. The molecule has 2 heteroatoms. The molecule has 0 aliphatic carbocycles. The number of ether oxygens (including phenoxy) is 1. The molecule has 1 aliphatic rings. The molecule has 0 aromatic heterocycles. The maximum atomic E-state index is 11.4. The number of esters is 1. The molecular formula is C16H28O2. The summed E-state index contributed by atoms with van der Waals surface area (Å²) >= 11 is 0. The molecule has 0 fully saturated rings. The standard InChI is InChI=1S/C16H28O2/c1-15-11-9-7-5-3-2-4-6-8-10-12-16(17)18-14-13-15/h5,7,15H,2-4,6,8-14H2,1H3/t15-/m0/s1. The Morgan fingerprint density at radius 2 is 1.72 bits per heavy atom. The molecule has 1 aliphatic heterocycles. The molecule has 0 saturated carbocycles. The second kappa shape index (κ2) is 10.2. The van der Waals surface area contributed by atoms with Gasteiger partial charge in [0.05, 0.1) is 6.61 Å². The van der Waals surface area contributed by atoms with Gasteiger partial charge in [-0.05, 0) is 44.4 Å². The van der Waals surface area contributed by atoms with Gasteiger partial charge in [0.2, 0.25) is 0 Å². The van der Waals surface area contributed by atoms with E-state index >= 15 is 0 Å². The van der Waals surface area contributed by atoms with Gasteiger partial charge in [-0.15, -0.1) is 0 Å². The molecule has 2 nitrogen and oxygen atoms in total. The van der Waals surface area contributed by atoms with Crippen LogP contribution in [0.2, 0.25) is 0 Å². The van der Waals surface area contributed by atoms with Crippen LogP contribution in [0.15, 0.2) is 12.2 Å². The van der Waals surface area contributed by atoms with Gasteiger partial charge in [-0.1, -0.05) is 38.3 Å². The van der Waals surface area contributed by atoms with Crippen molar-refractivity contribution in [3.8, 4) is 0 Å². The minimum Gasteiger partial charge on any atom is -0.466 e. The topological polar surface area (TPSA) is 26.3 Å². The first-order valence-corrected chi connectivity index (χ1v) is 7.59. The first kappa shape index (κ1) is 15.3. The monoisotopic (exact) mass is 252 g/mol. The fourth-order valence-electron chi connectivity index (χ4n) is 2.27. The number of carbonyl (C=O) groups is 1. The highest BCUT2D eigenvalue weighted by molar-refractivity contribution is 5.69. The molecule has 0 saturated heterocycles. The molecule has 0 amide bonds. The van der Waals surface area contributed by atoms with Gasteiger partial charge in [0, 0.05) is 6.42 Å². The number of carbonyl (C=O) groups excluding carboxylic acids is 1. The maximum absolute atomic E-state index is 11.4. The Balaban J connectivity index is 2.27. The summed E-state index contributed by atoms with van der Waals surface area (Å²) in [5, 5.41) is 0. The van der Waals surface area contributed by atoms with Crippen LogP contribution in [0, 0.1) is 5.92 Å². The number of hydrogen-bond donors (Lipinski definition) is 0. The summed E-state index contributed by atoms with van der Waals surface area (Å²) in [5.74, 6) is 0.643.